The molecule has 0 saturated heterocycles. The van der Waals surface area contributed by atoms with E-state index in [9.17, 15) is 25.2 Å². The van der Waals surface area contributed by atoms with E-state index >= 15 is 0 Å². The lowest BCUT2D eigenvalue weighted by molar-refractivity contribution is -0.365. The number of aliphatic hydroxyl groups excluding tert-OH is 1. The molecule has 0 aromatic carbocycles. The Morgan fingerprint density at radius 3 is 2.24 bits per heavy atom. The average Bonchev–Trinajstić information content (AvgIpc) is 3.10. The maximum atomic E-state index is 13.3. The number of fused-ring (bicyclic) bond motifs is 5. The second-order valence-corrected chi connectivity index (χ2v) is 13.7. The van der Waals surface area contributed by atoms with Crippen molar-refractivity contribution in [1.82, 2.24) is 0 Å². The summed E-state index contributed by atoms with van der Waals surface area (Å²) in [6.07, 6.45) is 10.6. The number of carbonyl (C=O) groups excluding carboxylic acids is 1. The summed E-state index contributed by atoms with van der Waals surface area (Å²) in [5, 5.41) is 39.0. The summed E-state index contributed by atoms with van der Waals surface area (Å²) in [7, 11) is 0. The van der Waals surface area contributed by atoms with Gasteiger partial charge in [-0.15, -0.1) is 0 Å². The Bertz CT molecular complexity index is 743. The minimum atomic E-state index is -3.05. The zero-order valence-electron chi connectivity index (χ0n) is 22.2. The molecule has 5 nitrogen and oxygen atoms in total. The molecule has 10 atom stereocenters. The SMILES string of the molecule is CC(C)[C@@H](CC[C@@H](C)[C@H]1CC[C@H]2[C@@H]3CC(=O)[C@H]4CCCC[C@]4(C)[C@H]3CC[C@]12C)C(O)C(O)(O)O. The molecule has 4 saturated carbocycles. The highest BCUT2D eigenvalue weighted by Crippen LogP contribution is 2.67. The molecule has 0 amide bonds. The molecule has 0 radical (unpaired) electrons. The van der Waals surface area contributed by atoms with E-state index in [-0.39, 0.29) is 22.7 Å². The molecule has 196 valence electrons. The van der Waals surface area contributed by atoms with Gasteiger partial charge in [0.05, 0.1) is 0 Å². The Morgan fingerprint density at radius 2 is 1.59 bits per heavy atom. The molecule has 5 heteroatoms. The number of hydrogen-bond donors (Lipinski definition) is 4. The Labute approximate surface area is 206 Å². The lowest BCUT2D eigenvalue weighted by atomic mass is 9.44. The van der Waals surface area contributed by atoms with Crippen molar-refractivity contribution < 1.29 is 25.2 Å². The summed E-state index contributed by atoms with van der Waals surface area (Å²) in [6.45, 7) is 11.2. The zero-order valence-corrected chi connectivity index (χ0v) is 22.2. The molecule has 4 N–H and O–H groups in total. The third-order valence-corrected chi connectivity index (χ3v) is 11.7. The van der Waals surface area contributed by atoms with Crippen LogP contribution in [0.4, 0.5) is 0 Å². The molecule has 0 aromatic heterocycles. The summed E-state index contributed by atoms with van der Waals surface area (Å²) in [5.74, 6) is 0.408. The van der Waals surface area contributed by atoms with Crippen LogP contribution in [0.1, 0.15) is 105 Å². The van der Waals surface area contributed by atoms with Crippen LogP contribution in [0.25, 0.3) is 0 Å². The molecular weight excluding hydrogens is 428 g/mol. The smallest absolute Gasteiger partial charge is 0.303 e. The van der Waals surface area contributed by atoms with Gasteiger partial charge in [0.2, 0.25) is 0 Å². The monoisotopic (exact) mass is 478 g/mol. The van der Waals surface area contributed by atoms with Gasteiger partial charge in [-0.2, -0.15) is 0 Å². The second kappa shape index (κ2) is 9.43. The van der Waals surface area contributed by atoms with E-state index < -0.39 is 12.1 Å². The minimum absolute atomic E-state index is 0.0350. The number of Topliss-reactive ketones (excluding diaryl/α,β-unsaturated/α-hetero) is 1. The van der Waals surface area contributed by atoms with E-state index in [1.807, 2.05) is 13.8 Å². The Hall–Kier alpha value is -0.490. The summed E-state index contributed by atoms with van der Waals surface area (Å²) in [4.78, 5) is 13.3. The second-order valence-electron chi connectivity index (χ2n) is 13.7. The predicted octanol–water partition coefficient (Wildman–Crippen LogP) is 4.89. The van der Waals surface area contributed by atoms with Crippen LogP contribution in [0, 0.1) is 58.2 Å². The fourth-order valence-electron chi connectivity index (χ4n) is 9.87. The maximum absolute atomic E-state index is 13.3. The predicted molar refractivity (Wildman–Crippen MR) is 132 cm³/mol. The summed E-state index contributed by atoms with van der Waals surface area (Å²) in [5.41, 5.74) is 0.481. The lowest BCUT2D eigenvalue weighted by Gasteiger charge is -2.60. The first-order valence-electron chi connectivity index (χ1n) is 14.2. The van der Waals surface area contributed by atoms with Gasteiger partial charge in [0, 0.05) is 12.3 Å². The molecule has 4 aliphatic carbocycles. The van der Waals surface area contributed by atoms with Crippen molar-refractivity contribution in [2.75, 3.05) is 0 Å². The van der Waals surface area contributed by atoms with Crippen LogP contribution < -0.4 is 0 Å². The Balaban J connectivity index is 1.46. The number of carbonyl (C=O) groups is 1. The number of hydrogen-bond acceptors (Lipinski definition) is 5. The van der Waals surface area contributed by atoms with E-state index in [1.165, 1.54) is 44.9 Å². The van der Waals surface area contributed by atoms with Gasteiger partial charge in [-0.05, 0) is 97.2 Å². The van der Waals surface area contributed by atoms with E-state index in [1.54, 1.807) is 0 Å². The molecule has 0 aromatic rings. The lowest BCUT2D eigenvalue weighted by Crippen LogP contribution is -2.56. The van der Waals surface area contributed by atoms with Gasteiger partial charge < -0.3 is 20.4 Å². The molecule has 4 rings (SSSR count). The third kappa shape index (κ3) is 4.41. The first-order valence-corrected chi connectivity index (χ1v) is 14.2. The van der Waals surface area contributed by atoms with E-state index in [0.717, 1.165) is 19.3 Å². The van der Waals surface area contributed by atoms with Crippen LogP contribution in [0.3, 0.4) is 0 Å². The van der Waals surface area contributed by atoms with Crippen molar-refractivity contribution in [3.8, 4) is 0 Å². The topological polar surface area (TPSA) is 98.0 Å². The molecule has 0 bridgehead atoms. The van der Waals surface area contributed by atoms with Gasteiger partial charge in [0.1, 0.15) is 11.9 Å². The van der Waals surface area contributed by atoms with Crippen LogP contribution in [-0.2, 0) is 4.79 Å². The van der Waals surface area contributed by atoms with E-state index in [4.69, 9.17) is 0 Å². The standard InChI is InChI=1S/C29H50O5/c1-17(2)19(26(31)29(32,33)34)10-9-18(3)21-11-12-22-20-16-25(30)24-8-6-7-14-27(24,4)23(20)13-15-28(21,22)5/h17-24,26,31-34H,6-16H2,1-5H3/t18-,19-,20+,21-,22+,23+,24-,26?,27-,28-/m1/s1. The first kappa shape index (κ1) is 26.6. The van der Waals surface area contributed by atoms with Crippen molar-refractivity contribution in [3.05, 3.63) is 0 Å². The highest BCUT2D eigenvalue weighted by molar-refractivity contribution is 5.83. The molecule has 4 aliphatic rings. The maximum Gasteiger partial charge on any atom is 0.303 e. The van der Waals surface area contributed by atoms with Crippen LogP contribution in [0.5, 0.6) is 0 Å². The summed E-state index contributed by atoms with van der Waals surface area (Å²) >= 11 is 0. The quantitative estimate of drug-likeness (QED) is 0.390. The molecule has 0 spiro atoms. The first-order chi connectivity index (χ1) is 15.8. The van der Waals surface area contributed by atoms with Gasteiger partial charge in [-0.25, -0.2) is 0 Å². The minimum Gasteiger partial charge on any atom is -0.384 e. The molecule has 1 unspecified atom stereocenters. The van der Waals surface area contributed by atoms with Gasteiger partial charge in [-0.3, -0.25) is 4.79 Å². The number of ketones is 1. The summed E-state index contributed by atoms with van der Waals surface area (Å²) in [6, 6.07) is 0. The highest BCUT2D eigenvalue weighted by atomic mass is 16.7. The Morgan fingerprint density at radius 1 is 0.912 bits per heavy atom. The Kier molecular flexibility index (Phi) is 7.37. The number of rotatable bonds is 7. The highest BCUT2D eigenvalue weighted by Gasteiger charge is 2.61. The van der Waals surface area contributed by atoms with Gasteiger partial charge >= 0.3 is 5.97 Å². The largest absolute Gasteiger partial charge is 0.384 e. The van der Waals surface area contributed by atoms with Crippen molar-refractivity contribution in [2.45, 2.75) is 117 Å². The van der Waals surface area contributed by atoms with Crippen molar-refractivity contribution in [1.29, 1.82) is 0 Å². The normalized spacial score (nSPS) is 43.1. The fraction of sp³-hybridized carbons (Fsp3) is 0.966. The molecule has 4 fully saturated rings. The van der Waals surface area contributed by atoms with Gasteiger partial charge in [0.15, 0.2) is 0 Å². The average molecular weight is 479 g/mol. The van der Waals surface area contributed by atoms with Gasteiger partial charge in [0.25, 0.3) is 0 Å². The molecular formula is C29H50O5. The zero-order chi connectivity index (χ0) is 25.1. The van der Waals surface area contributed by atoms with Crippen molar-refractivity contribution in [3.63, 3.8) is 0 Å². The van der Waals surface area contributed by atoms with Crippen LogP contribution >= 0.6 is 0 Å². The van der Waals surface area contributed by atoms with E-state index in [2.05, 4.69) is 20.8 Å². The molecule has 34 heavy (non-hydrogen) atoms. The molecule has 0 heterocycles. The fourth-order valence-corrected chi connectivity index (χ4v) is 9.87. The van der Waals surface area contributed by atoms with Crippen LogP contribution in [0.2, 0.25) is 0 Å². The van der Waals surface area contributed by atoms with Crippen LogP contribution in [-0.4, -0.2) is 38.3 Å². The van der Waals surface area contributed by atoms with E-state index in [0.29, 0.717) is 47.7 Å². The molecule has 0 aliphatic heterocycles. The number of aliphatic hydroxyl groups is 4. The van der Waals surface area contributed by atoms with Crippen molar-refractivity contribution >= 4 is 5.78 Å². The van der Waals surface area contributed by atoms with Crippen LogP contribution in [0.15, 0.2) is 0 Å². The van der Waals surface area contributed by atoms with Gasteiger partial charge in [-0.1, -0.05) is 53.9 Å². The summed E-state index contributed by atoms with van der Waals surface area (Å²) < 4.78 is 0. The third-order valence-electron chi connectivity index (χ3n) is 11.7. The van der Waals surface area contributed by atoms with Crippen molar-refractivity contribution in [2.24, 2.45) is 58.2 Å².